The number of amidine groups is 1. The third kappa shape index (κ3) is 4.11. The quantitative estimate of drug-likeness (QED) is 0.458. The zero-order valence-corrected chi connectivity index (χ0v) is 11.9. The number of nitrogens with two attached hydrogens (primary N) is 1. The minimum absolute atomic E-state index is 0.0532. The van der Waals surface area contributed by atoms with Crippen LogP contribution >= 0.6 is 11.6 Å². The van der Waals surface area contributed by atoms with Crippen LogP contribution in [0.1, 0.15) is 18.4 Å². The van der Waals surface area contributed by atoms with Gasteiger partial charge in [0.15, 0.2) is 0 Å². The van der Waals surface area contributed by atoms with Crippen LogP contribution < -0.4 is 10.6 Å². The van der Waals surface area contributed by atoms with E-state index in [-0.39, 0.29) is 5.84 Å². The summed E-state index contributed by atoms with van der Waals surface area (Å²) in [6.45, 7) is 2.30. The van der Waals surface area contributed by atoms with Crippen LogP contribution in [-0.2, 0) is 4.74 Å². The third-order valence-electron chi connectivity index (χ3n) is 3.28. The number of nitrogens with one attached hydrogen (secondary N) is 1. The Hall–Kier alpha value is -1.26. The Morgan fingerprint density at radius 3 is 2.89 bits per heavy atom. The maximum atomic E-state index is 7.59. The van der Waals surface area contributed by atoms with Gasteiger partial charge in [-0.15, -0.1) is 0 Å². The number of benzene rings is 1. The highest BCUT2D eigenvalue weighted by Crippen LogP contribution is 2.28. The summed E-state index contributed by atoms with van der Waals surface area (Å²) in [6, 6.07) is 5.36. The molecule has 0 bridgehead atoms. The third-order valence-corrected chi connectivity index (χ3v) is 3.52. The Morgan fingerprint density at radius 1 is 1.53 bits per heavy atom. The number of rotatable bonds is 7. The van der Waals surface area contributed by atoms with Crippen LogP contribution in [0, 0.1) is 11.3 Å². The molecule has 1 saturated carbocycles. The SMILES string of the molecule is CN(CCOCC1CC1)c1cc(Cl)ccc1C(=N)N. The van der Waals surface area contributed by atoms with Crippen molar-refractivity contribution in [3.05, 3.63) is 28.8 Å². The molecule has 1 aliphatic rings. The van der Waals surface area contributed by atoms with Crippen molar-refractivity contribution in [2.75, 3.05) is 31.7 Å². The van der Waals surface area contributed by atoms with Gasteiger partial charge in [0, 0.05) is 36.5 Å². The van der Waals surface area contributed by atoms with Crippen molar-refractivity contribution < 1.29 is 4.74 Å². The standard InChI is InChI=1S/C14H20ClN3O/c1-18(6-7-19-9-10-2-3-10)13-8-11(15)4-5-12(13)14(16)17/h4-5,8,10H,2-3,6-7,9H2,1H3,(H3,16,17). The number of likely N-dealkylation sites (N-methyl/N-ethyl adjacent to an activating group) is 1. The molecule has 1 aromatic carbocycles. The first kappa shape index (κ1) is 14.2. The first-order valence-electron chi connectivity index (χ1n) is 6.50. The lowest BCUT2D eigenvalue weighted by Crippen LogP contribution is -2.26. The molecule has 0 atom stereocenters. The minimum atomic E-state index is 0.0532. The van der Waals surface area contributed by atoms with Crippen molar-refractivity contribution in [3.63, 3.8) is 0 Å². The van der Waals surface area contributed by atoms with Gasteiger partial charge in [0.25, 0.3) is 0 Å². The van der Waals surface area contributed by atoms with Gasteiger partial charge in [0.2, 0.25) is 0 Å². The van der Waals surface area contributed by atoms with E-state index in [1.807, 2.05) is 18.0 Å². The van der Waals surface area contributed by atoms with Gasteiger partial charge in [-0.25, -0.2) is 0 Å². The fourth-order valence-corrected chi connectivity index (χ4v) is 2.07. The summed E-state index contributed by atoms with van der Waals surface area (Å²) in [7, 11) is 1.96. The molecule has 4 nitrogen and oxygen atoms in total. The Kier molecular flexibility index (Phi) is 4.66. The van der Waals surface area contributed by atoms with Crippen LogP contribution in [-0.4, -0.2) is 32.6 Å². The Bertz CT molecular complexity index is 460. The molecule has 3 N–H and O–H groups in total. The number of hydrogen-bond donors (Lipinski definition) is 2. The number of nitrogens with zero attached hydrogens (tertiary/aromatic N) is 1. The van der Waals surface area contributed by atoms with Crippen molar-refractivity contribution in [2.45, 2.75) is 12.8 Å². The molecule has 0 unspecified atom stereocenters. The van der Waals surface area contributed by atoms with E-state index in [2.05, 4.69) is 0 Å². The molecular weight excluding hydrogens is 262 g/mol. The lowest BCUT2D eigenvalue weighted by molar-refractivity contribution is 0.131. The predicted molar refractivity (Wildman–Crippen MR) is 79.3 cm³/mol. The average Bonchev–Trinajstić information content (AvgIpc) is 3.18. The summed E-state index contributed by atoms with van der Waals surface area (Å²) in [4.78, 5) is 2.02. The monoisotopic (exact) mass is 281 g/mol. The van der Waals surface area contributed by atoms with E-state index in [0.29, 0.717) is 17.2 Å². The molecule has 0 aliphatic heterocycles. The van der Waals surface area contributed by atoms with Crippen LogP contribution in [0.25, 0.3) is 0 Å². The van der Waals surface area contributed by atoms with Crippen LogP contribution in [0.15, 0.2) is 18.2 Å². The van der Waals surface area contributed by atoms with Gasteiger partial charge in [-0.05, 0) is 37.0 Å². The molecule has 1 aromatic rings. The molecule has 0 amide bonds. The van der Waals surface area contributed by atoms with Crippen molar-refractivity contribution in [2.24, 2.45) is 11.7 Å². The van der Waals surface area contributed by atoms with E-state index in [9.17, 15) is 0 Å². The molecule has 1 aliphatic carbocycles. The summed E-state index contributed by atoms with van der Waals surface area (Å²) in [5.74, 6) is 0.835. The summed E-state index contributed by atoms with van der Waals surface area (Å²) in [5.41, 5.74) is 7.16. The highest BCUT2D eigenvalue weighted by Gasteiger charge is 2.21. The van der Waals surface area contributed by atoms with Gasteiger partial charge < -0.3 is 15.4 Å². The first-order chi connectivity index (χ1) is 9.08. The number of ether oxygens (including phenoxy) is 1. The van der Waals surface area contributed by atoms with Gasteiger partial charge in [-0.2, -0.15) is 0 Å². The molecular formula is C14H20ClN3O. The van der Waals surface area contributed by atoms with E-state index < -0.39 is 0 Å². The summed E-state index contributed by atoms with van der Waals surface area (Å²) in [6.07, 6.45) is 2.61. The topological polar surface area (TPSA) is 62.3 Å². The van der Waals surface area contributed by atoms with E-state index in [1.165, 1.54) is 12.8 Å². The molecule has 5 heteroatoms. The fourth-order valence-electron chi connectivity index (χ4n) is 1.90. The van der Waals surface area contributed by atoms with Gasteiger partial charge in [-0.3, -0.25) is 5.41 Å². The molecule has 0 saturated heterocycles. The average molecular weight is 282 g/mol. The van der Waals surface area contributed by atoms with Gasteiger partial charge in [-0.1, -0.05) is 11.6 Å². The van der Waals surface area contributed by atoms with Crippen molar-refractivity contribution in [3.8, 4) is 0 Å². The zero-order chi connectivity index (χ0) is 13.8. The smallest absolute Gasteiger partial charge is 0.124 e. The van der Waals surface area contributed by atoms with E-state index in [4.69, 9.17) is 27.5 Å². The minimum Gasteiger partial charge on any atom is -0.384 e. The van der Waals surface area contributed by atoms with E-state index in [1.54, 1.807) is 12.1 Å². The molecule has 0 radical (unpaired) electrons. The van der Waals surface area contributed by atoms with Crippen LogP contribution in [0.3, 0.4) is 0 Å². The second-order valence-corrected chi connectivity index (χ2v) is 5.45. The maximum absolute atomic E-state index is 7.59. The molecule has 104 valence electrons. The number of hydrogen-bond acceptors (Lipinski definition) is 3. The Morgan fingerprint density at radius 2 is 2.26 bits per heavy atom. The fraction of sp³-hybridized carbons (Fsp3) is 0.500. The molecule has 0 aromatic heterocycles. The predicted octanol–water partition coefficient (Wildman–Crippen LogP) is 2.49. The molecule has 19 heavy (non-hydrogen) atoms. The van der Waals surface area contributed by atoms with Gasteiger partial charge >= 0.3 is 0 Å². The number of halogens is 1. The molecule has 0 spiro atoms. The van der Waals surface area contributed by atoms with Crippen molar-refractivity contribution in [1.29, 1.82) is 5.41 Å². The second-order valence-electron chi connectivity index (χ2n) is 5.01. The first-order valence-corrected chi connectivity index (χ1v) is 6.88. The molecule has 1 fully saturated rings. The number of nitrogen functional groups attached to an aromatic ring is 1. The lowest BCUT2D eigenvalue weighted by Gasteiger charge is -2.22. The zero-order valence-electron chi connectivity index (χ0n) is 11.2. The van der Waals surface area contributed by atoms with Crippen LogP contribution in [0.5, 0.6) is 0 Å². The lowest BCUT2D eigenvalue weighted by atomic mass is 10.1. The number of anilines is 1. The summed E-state index contributed by atoms with van der Waals surface area (Å²) in [5, 5.41) is 8.24. The highest BCUT2D eigenvalue weighted by molar-refractivity contribution is 6.31. The summed E-state index contributed by atoms with van der Waals surface area (Å²) < 4.78 is 5.62. The largest absolute Gasteiger partial charge is 0.384 e. The maximum Gasteiger partial charge on any atom is 0.124 e. The normalized spacial score (nSPS) is 14.4. The van der Waals surface area contributed by atoms with Gasteiger partial charge in [0.05, 0.1) is 6.61 Å². The van der Waals surface area contributed by atoms with Crippen molar-refractivity contribution >= 4 is 23.1 Å². The van der Waals surface area contributed by atoms with Crippen molar-refractivity contribution in [1.82, 2.24) is 0 Å². The Balaban J connectivity index is 1.93. The van der Waals surface area contributed by atoms with E-state index in [0.717, 1.165) is 24.8 Å². The van der Waals surface area contributed by atoms with Crippen LogP contribution in [0.4, 0.5) is 5.69 Å². The van der Waals surface area contributed by atoms with E-state index >= 15 is 0 Å². The van der Waals surface area contributed by atoms with Crippen LogP contribution in [0.2, 0.25) is 5.02 Å². The summed E-state index contributed by atoms with van der Waals surface area (Å²) >= 11 is 6.01. The molecule has 2 rings (SSSR count). The Labute approximate surface area is 119 Å². The molecule has 0 heterocycles. The second kappa shape index (κ2) is 6.26. The highest BCUT2D eigenvalue weighted by atomic mass is 35.5. The van der Waals surface area contributed by atoms with Gasteiger partial charge in [0.1, 0.15) is 5.84 Å².